The van der Waals surface area contributed by atoms with Gasteiger partial charge < -0.3 is 20.1 Å². The average Bonchev–Trinajstić information content (AvgIpc) is 2.77. The summed E-state index contributed by atoms with van der Waals surface area (Å²) >= 11 is 0. The van der Waals surface area contributed by atoms with Gasteiger partial charge >= 0.3 is 5.97 Å². The van der Waals surface area contributed by atoms with Crippen LogP contribution in [-0.2, 0) is 25.7 Å². The highest BCUT2D eigenvalue weighted by Crippen LogP contribution is 2.16. The first kappa shape index (κ1) is 28.1. The Bertz CT molecular complexity index is 776. The summed E-state index contributed by atoms with van der Waals surface area (Å²) in [5.41, 5.74) is 0.155. The summed E-state index contributed by atoms with van der Waals surface area (Å²) in [6, 6.07) is 9.49. The lowest BCUT2D eigenvalue weighted by molar-refractivity contribution is -0.147. The number of unbranched alkanes of at least 4 members (excludes halogenated alkanes) is 1. The number of allylic oxidation sites excluding steroid dienone is 2. The Balaban J connectivity index is 2.71. The number of hydrogen-bond donors (Lipinski definition) is 2. The zero-order valence-corrected chi connectivity index (χ0v) is 19.9. The lowest BCUT2D eigenvalue weighted by Crippen LogP contribution is -2.50. The number of nitrogens with zero attached hydrogens (tertiary/aromatic N) is 1. The van der Waals surface area contributed by atoms with Gasteiger partial charge in [-0.1, -0.05) is 42.5 Å². The number of aliphatic hydroxyl groups is 1. The van der Waals surface area contributed by atoms with Crippen LogP contribution in [0.1, 0.15) is 51.5 Å². The molecule has 0 aliphatic carbocycles. The number of aliphatic hydroxyl groups excluding tert-OH is 1. The van der Waals surface area contributed by atoms with Crippen molar-refractivity contribution >= 4 is 17.8 Å². The van der Waals surface area contributed by atoms with Crippen LogP contribution in [0.2, 0.25) is 0 Å². The van der Waals surface area contributed by atoms with Gasteiger partial charge in [0.15, 0.2) is 0 Å². The minimum atomic E-state index is -0.789. The van der Waals surface area contributed by atoms with E-state index < -0.39 is 11.5 Å². The lowest BCUT2D eigenvalue weighted by atomic mass is 9.97. The first-order chi connectivity index (χ1) is 15.7. The number of rotatable bonds is 16. The third kappa shape index (κ3) is 11.5. The molecule has 0 unspecified atom stereocenters. The molecule has 182 valence electrons. The van der Waals surface area contributed by atoms with Crippen molar-refractivity contribution in [2.24, 2.45) is 5.92 Å². The van der Waals surface area contributed by atoms with E-state index in [0.29, 0.717) is 25.8 Å². The maximum absolute atomic E-state index is 13.0. The van der Waals surface area contributed by atoms with Crippen LogP contribution < -0.4 is 5.32 Å². The Hall–Kier alpha value is -2.93. The van der Waals surface area contributed by atoms with Crippen LogP contribution in [0.25, 0.3) is 0 Å². The SMILES string of the molecule is C=CCCCC(=O)OCC(C)(C)NC(=O)[C@H](CC=C)CC(=O)N(CCO)Cc1ccccc1. The third-order valence-corrected chi connectivity index (χ3v) is 5.03. The van der Waals surface area contributed by atoms with Gasteiger partial charge in [0.1, 0.15) is 6.61 Å². The second kappa shape index (κ2) is 15.0. The van der Waals surface area contributed by atoms with Gasteiger partial charge in [-0.2, -0.15) is 0 Å². The van der Waals surface area contributed by atoms with Crippen molar-refractivity contribution in [2.75, 3.05) is 19.8 Å². The van der Waals surface area contributed by atoms with E-state index in [4.69, 9.17) is 4.74 Å². The van der Waals surface area contributed by atoms with Crippen molar-refractivity contribution in [1.82, 2.24) is 10.2 Å². The van der Waals surface area contributed by atoms with Crippen LogP contribution in [0.3, 0.4) is 0 Å². The van der Waals surface area contributed by atoms with Gasteiger partial charge in [0, 0.05) is 25.9 Å². The Kier molecular flexibility index (Phi) is 12.8. The molecule has 0 aliphatic heterocycles. The van der Waals surface area contributed by atoms with E-state index in [0.717, 1.165) is 12.0 Å². The van der Waals surface area contributed by atoms with Gasteiger partial charge in [-0.15, -0.1) is 13.2 Å². The molecule has 0 fully saturated rings. The zero-order chi connectivity index (χ0) is 24.7. The molecule has 1 aromatic rings. The van der Waals surface area contributed by atoms with Gasteiger partial charge in [0.2, 0.25) is 11.8 Å². The first-order valence-corrected chi connectivity index (χ1v) is 11.3. The van der Waals surface area contributed by atoms with Crippen LogP contribution in [0.5, 0.6) is 0 Å². The van der Waals surface area contributed by atoms with Crippen molar-refractivity contribution in [2.45, 2.75) is 58.0 Å². The maximum Gasteiger partial charge on any atom is 0.305 e. The number of amides is 2. The molecule has 0 bridgehead atoms. The van der Waals surface area contributed by atoms with Crippen molar-refractivity contribution < 1.29 is 24.2 Å². The molecule has 7 heteroatoms. The summed E-state index contributed by atoms with van der Waals surface area (Å²) in [7, 11) is 0. The van der Waals surface area contributed by atoms with E-state index in [1.165, 1.54) is 0 Å². The maximum atomic E-state index is 13.0. The smallest absolute Gasteiger partial charge is 0.305 e. The van der Waals surface area contributed by atoms with Crippen molar-refractivity contribution in [3.8, 4) is 0 Å². The number of hydrogen-bond acceptors (Lipinski definition) is 5. The van der Waals surface area contributed by atoms with Gasteiger partial charge in [0.05, 0.1) is 18.1 Å². The molecule has 1 atom stereocenters. The second-order valence-corrected chi connectivity index (χ2v) is 8.66. The van der Waals surface area contributed by atoms with Gasteiger partial charge in [-0.3, -0.25) is 14.4 Å². The highest BCUT2D eigenvalue weighted by Gasteiger charge is 2.29. The molecule has 2 N–H and O–H groups in total. The fourth-order valence-corrected chi connectivity index (χ4v) is 3.24. The summed E-state index contributed by atoms with van der Waals surface area (Å²) in [4.78, 5) is 39.3. The van der Waals surface area contributed by atoms with Gasteiger partial charge in [-0.05, 0) is 38.7 Å². The Morgan fingerprint density at radius 2 is 1.88 bits per heavy atom. The van der Waals surface area contributed by atoms with Crippen molar-refractivity contribution in [3.05, 3.63) is 61.2 Å². The second-order valence-electron chi connectivity index (χ2n) is 8.66. The summed E-state index contributed by atoms with van der Waals surface area (Å²) in [5.74, 6) is -1.46. The lowest BCUT2D eigenvalue weighted by Gasteiger charge is -2.29. The molecule has 33 heavy (non-hydrogen) atoms. The minimum Gasteiger partial charge on any atom is -0.463 e. The number of carbonyl (C=O) groups is 3. The van der Waals surface area contributed by atoms with Crippen LogP contribution in [-0.4, -0.2) is 53.1 Å². The Morgan fingerprint density at radius 3 is 2.48 bits per heavy atom. The standard InChI is InChI=1S/C26H38N2O5/c1-5-7-9-15-24(31)33-20-26(3,4)27-25(32)22(12-6-2)18-23(30)28(16-17-29)19-21-13-10-8-11-14-21/h5-6,8,10-11,13-14,22,29H,1-2,7,9,12,15-20H2,3-4H3,(H,27,32)/t22-/m1/s1. The van der Waals surface area contributed by atoms with E-state index in [1.54, 1.807) is 30.9 Å². The van der Waals surface area contributed by atoms with E-state index in [-0.39, 0.29) is 44.0 Å². The minimum absolute atomic E-state index is 0.0118. The highest BCUT2D eigenvalue weighted by molar-refractivity contribution is 5.86. The van der Waals surface area contributed by atoms with E-state index in [9.17, 15) is 19.5 Å². The highest BCUT2D eigenvalue weighted by atomic mass is 16.5. The first-order valence-electron chi connectivity index (χ1n) is 11.3. The van der Waals surface area contributed by atoms with Crippen LogP contribution in [0, 0.1) is 5.92 Å². The summed E-state index contributed by atoms with van der Waals surface area (Å²) < 4.78 is 5.30. The molecule has 0 saturated heterocycles. The Morgan fingerprint density at radius 1 is 1.18 bits per heavy atom. The van der Waals surface area contributed by atoms with Crippen molar-refractivity contribution in [3.63, 3.8) is 0 Å². The quantitative estimate of drug-likeness (QED) is 0.225. The van der Waals surface area contributed by atoms with Crippen LogP contribution >= 0.6 is 0 Å². The van der Waals surface area contributed by atoms with Crippen LogP contribution in [0.15, 0.2) is 55.6 Å². The predicted molar refractivity (Wildman–Crippen MR) is 129 cm³/mol. The summed E-state index contributed by atoms with van der Waals surface area (Å²) in [6.07, 6.45) is 5.38. The monoisotopic (exact) mass is 458 g/mol. The van der Waals surface area contributed by atoms with E-state index >= 15 is 0 Å². The number of ether oxygens (including phenoxy) is 1. The molecule has 2 amide bonds. The molecule has 1 rings (SSSR count). The molecular weight excluding hydrogens is 420 g/mol. The largest absolute Gasteiger partial charge is 0.463 e. The number of benzene rings is 1. The number of carbonyl (C=O) groups excluding carboxylic acids is 3. The molecule has 1 aromatic carbocycles. The topological polar surface area (TPSA) is 95.9 Å². The predicted octanol–water partition coefficient (Wildman–Crippen LogP) is 3.38. The number of nitrogens with one attached hydrogen (secondary N) is 1. The average molecular weight is 459 g/mol. The molecule has 0 heterocycles. The molecule has 7 nitrogen and oxygen atoms in total. The zero-order valence-electron chi connectivity index (χ0n) is 19.9. The summed E-state index contributed by atoms with van der Waals surface area (Å²) in [5, 5.41) is 12.3. The van der Waals surface area contributed by atoms with Crippen LogP contribution in [0.4, 0.5) is 0 Å². The molecular formula is C26H38N2O5. The fraction of sp³-hybridized carbons (Fsp3) is 0.500. The van der Waals surface area contributed by atoms with E-state index in [1.807, 2.05) is 30.3 Å². The summed E-state index contributed by atoms with van der Waals surface area (Å²) in [6.45, 7) is 11.3. The normalized spacial score (nSPS) is 11.8. The molecule has 0 spiro atoms. The Labute approximate surface area is 197 Å². The molecule has 0 aromatic heterocycles. The molecule has 0 saturated carbocycles. The third-order valence-electron chi connectivity index (χ3n) is 5.03. The molecule has 0 aliphatic rings. The van der Waals surface area contributed by atoms with E-state index in [2.05, 4.69) is 18.5 Å². The van der Waals surface area contributed by atoms with Gasteiger partial charge in [0.25, 0.3) is 0 Å². The van der Waals surface area contributed by atoms with Gasteiger partial charge in [-0.25, -0.2) is 0 Å². The fourth-order valence-electron chi connectivity index (χ4n) is 3.24. The number of esters is 1. The molecule has 0 radical (unpaired) electrons. The van der Waals surface area contributed by atoms with Crippen molar-refractivity contribution in [1.29, 1.82) is 0 Å².